The molecule has 2 aliphatic rings. The van der Waals surface area contributed by atoms with Crippen molar-refractivity contribution >= 4 is 5.91 Å². The highest BCUT2D eigenvalue weighted by Gasteiger charge is 2.33. The third kappa shape index (κ3) is 3.01. The van der Waals surface area contributed by atoms with Crippen LogP contribution in [0, 0.1) is 6.92 Å². The number of rotatable bonds is 3. The fourth-order valence-electron chi connectivity index (χ4n) is 2.88. The second-order valence-corrected chi connectivity index (χ2v) is 6.43. The first-order valence-electron chi connectivity index (χ1n) is 8.17. The van der Waals surface area contributed by atoms with Crippen molar-refractivity contribution in [3.8, 4) is 0 Å². The SMILES string of the molecule is Cc1noc([C@H]2CN(C(=O)c3cnc(C4CC4)nc3)C[C@@H](C)O2)n1. The highest BCUT2D eigenvalue weighted by molar-refractivity contribution is 5.93. The van der Waals surface area contributed by atoms with Crippen LogP contribution in [-0.2, 0) is 4.74 Å². The number of ether oxygens (including phenoxy) is 1. The Balaban J connectivity index is 1.50. The van der Waals surface area contributed by atoms with Gasteiger partial charge in [-0.1, -0.05) is 5.16 Å². The van der Waals surface area contributed by atoms with Gasteiger partial charge in [0, 0.05) is 24.9 Å². The van der Waals surface area contributed by atoms with E-state index in [0.717, 1.165) is 18.7 Å². The quantitative estimate of drug-likeness (QED) is 0.845. The van der Waals surface area contributed by atoms with Gasteiger partial charge in [-0.3, -0.25) is 4.79 Å². The first-order valence-corrected chi connectivity index (χ1v) is 8.17. The summed E-state index contributed by atoms with van der Waals surface area (Å²) < 4.78 is 11.0. The molecule has 0 aromatic carbocycles. The lowest BCUT2D eigenvalue weighted by Crippen LogP contribution is -2.46. The van der Waals surface area contributed by atoms with Crippen molar-refractivity contribution in [1.82, 2.24) is 25.0 Å². The Morgan fingerprint density at radius 1 is 1.25 bits per heavy atom. The van der Waals surface area contributed by atoms with E-state index in [9.17, 15) is 4.79 Å². The maximum Gasteiger partial charge on any atom is 0.257 e. The molecule has 1 amide bonds. The van der Waals surface area contributed by atoms with Crippen LogP contribution in [0.5, 0.6) is 0 Å². The van der Waals surface area contributed by atoms with Crippen LogP contribution >= 0.6 is 0 Å². The van der Waals surface area contributed by atoms with Gasteiger partial charge in [0.15, 0.2) is 11.9 Å². The summed E-state index contributed by atoms with van der Waals surface area (Å²) in [5.41, 5.74) is 0.494. The second-order valence-electron chi connectivity index (χ2n) is 6.43. The molecule has 4 rings (SSSR count). The van der Waals surface area contributed by atoms with Gasteiger partial charge in [-0.25, -0.2) is 9.97 Å². The van der Waals surface area contributed by atoms with Crippen LogP contribution < -0.4 is 0 Å². The third-order valence-electron chi connectivity index (χ3n) is 4.23. The van der Waals surface area contributed by atoms with Crippen LogP contribution in [0.4, 0.5) is 0 Å². The van der Waals surface area contributed by atoms with Gasteiger partial charge in [0.2, 0.25) is 0 Å². The molecule has 2 aromatic heterocycles. The fraction of sp³-hybridized carbons (Fsp3) is 0.562. The van der Waals surface area contributed by atoms with Crippen molar-refractivity contribution in [2.75, 3.05) is 13.1 Å². The minimum atomic E-state index is -0.412. The molecule has 0 unspecified atom stereocenters. The number of aromatic nitrogens is 4. The molecule has 2 atom stereocenters. The van der Waals surface area contributed by atoms with E-state index in [2.05, 4.69) is 20.1 Å². The van der Waals surface area contributed by atoms with Crippen LogP contribution in [0.3, 0.4) is 0 Å². The molecule has 8 nitrogen and oxygen atoms in total. The molecule has 1 aliphatic heterocycles. The third-order valence-corrected chi connectivity index (χ3v) is 4.23. The summed E-state index contributed by atoms with van der Waals surface area (Å²) in [6.45, 7) is 4.55. The maximum absolute atomic E-state index is 12.7. The Bertz CT molecular complexity index is 740. The number of amides is 1. The summed E-state index contributed by atoms with van der Waals surface area (Å²) in [4.78, 5) is 27.3. The van der Waals surface area contributed by atoms with E-state index in [4.69, 9.17) is 9.26 Å². The van der Waals surface area contributed by atoms with Crippen LogP contribution in [0.1, 0.15) is 59.7 Å². The Morgan fingerprint density at radius 2 is 2.00 bits per heavy atom. The Hall–Kier alpha value is -2.35. The van der Waals surface area contributed by atoms with Crippen molar-refractivity contribution in [2.45, 2.75) is 44.8 Å². The molecule has 0 N–H and O–H groups in total. The predicted molar refractivity (Wildman–Crippen MR) is 82.2 cm³/mol. The zero-order chi connectivity index (χ0) is 16.7. The van der Waals surface area contributed by atoms with E-state index < -0.39 is 6.10 Å². The van der Waals surface area contributed by atoms with Crippen molar-refractivity contribution in [3.63, 3.8) is 0 Å². The van der Waals surface area contributed by atoms with Crippen LogP contribution in [0.15, 0.2) is 16.9 Å². The number of hydrogen-bond donors (Lipinski definition) is 0. The number of nitrogens with zero attached hydrogens (tertiary/aromatic N) is 5. The molecule has 1 aliphatic carbocycles. The molecule has 2 aromatic rings. The number of carbonyl (C=O) groups is 1. The minimum absolute atomic E-state index is 0.103. The standard InChI is InChI=1S/C16H19N5O3/c1-9-7-21(8-13(23-9)15-19-10(2)20-24-15)16(22)12-5-17-14(18-6-12)11-3-4-11/h5-6,9,11,13H,3-4,7-8H2,1-2H3/t9-,13-/m1/s1. The topological polar surface area (TPSA) is 94.2 Å². The maximum atomic E-state index is 12.7. The van der Waals surface area contributed by atoms with Crippen molar-refractivity contribution < 1.29 is 14.1 Å². The van der Waals surface area contributed by atoms with E-state index >= 15 is 0 Å². The van der Waals surface area contributed by atoms with Gasteiger partial charge in [-0.2, -0.15) is 4.98 Å². The smallest absolute Gasteiger partial charge is 0.257 e. The molecular weight excluding hydrogens is 310 g/mol. The lowest BCUT2D eigenvalue weighted by molar-refractivity contribution is -0.0810. The van der Waals surface area contributed by atoms with Gasteiger partial charge in [-0.05, 0) is 26.7 Å². The Kier molecular flexibility index (Phi) is 3.76. The normalized spacial score (nSPS) is 24.2. The molecule has 3 heterocycles. The molecule has 0 radical (unpaired) electrons. The van der Waals surface area contributed by atoms with Crippen molar-refractivity contribution in [2.24, 2.45) is 0 Å². The minimum Gasteiger partial charge on any atom is -0.362 e. The highest BCUT2D eigenvalue weighted by Crippen LogP contribution is 2.37. The summed E-state index contributed by atoms with van der Waals surface area (Å²) in [6.07, 6.45) is 4.99. The zero-order valence-electron chi connectivity index (χ0n) is 13.7. The van der Waals surface area contributed by atoms with E-state index in [-0.39, 0.29) is 12.0 Å². The summed E-state index contributed by atoms with van der Waals surface area (Å²) in [5.74, 6) is 2.16. The molecule has 2 fully saturated rings. The van der Waals surface area contributed by atoms with Gasteiger partial charge < -0.3 is 14.2 Å². The largest absolute Gasteiger partial charge is 0.362 e. The van der Waals surface area contributed by atoms with Crippen molar-refractivity contribution in [1.29, 1.82) is 0 Å². The average molecular weight is 329 g/mol. The fourth-order valence-corrected chi connectivity index (χ4v) is 2.88. The molecule has 24 heavy (non-hydrogen) atoms. The number of hydrogen-bond acceptors (Lipinski definition) is 7. The monoisotopic (exact) mass is 329 g/mol. The van der Waals surface area contributed by atoms with Crippen LogP contribution in [0.2, 0.25) is 0 Å². The predicted octanol–water partition coefficient (Wildman–Crippen LogP) is 1.65. The first-order chi connectivity index (χ1) is 11.6. The molecule has 1 saturated heterocycles. The van der Waals surface area contributed by atoms with Crippen LogP contribution in [-0.4, -0.2) is 50.1 Å². The van der Waals surface area contributed by atoms with Gasteiger partial charge >= 0.3 is 0 Å². The van der Waals surface area contributed by atoms with Gasteiger partial charge in [0.25, 0.3) is 11.8 Å². The molecule has 1 saturated carbocycles. The highest BCUT2D eigenvalue weighted by atomic mass is 16.5. The van der Waals surface area contributed by atoms with Gasteiger partial charge in [0.05, 0.1) is 18.2 Å². The summed E-state index contributed by atoms with van der Waals surface area (Å²) >= 11 is 0. The zero-order valence-corrected chi connectivity index (χ0v) is 13.7. The lowest BCUT2D eigenvalue weighted by atomic mass is 10.2. The molecule has 8 heteroatoms. The first kappa shape index (κ1) is 15.2. The summed E-state index contributed by atoms with van der Waals surface area (Å²) in [7, 11) is 0. The molecule has 0 spiro atoms. The van der Waals surface area contributed by atoms with Gasteiger partial charge in [-0.15, -0.1) is 0 Å². The number of morpholine rings is 1. The van der Waals surface area contributed by atoms with E-state index in [1.54, 1.807) is 24.2 Å². The molecular formula is C16H19N5O3. The molecule has 0 bridgehead atoms. The second kappa shape index (κ2) is 5.94. The summed E-state index contributed by atoms with van der Waals surface area (Å²) in [5, 5.41) is 3.79. The van der Waals surface area contributed by atoms with Gasteiger partial charge in [0.1, 0.15) is 5.82 Å². The number of carbonyl (C=O) groups excluding carboxylic acids is 1. The van der Waals surface area contributed by atoms with E-state index in [1.165, 1.54) is 0 Å². The Labute approximate surface area is 139 Å². The number of aryl methyl sites for hydroxylation is 1. The molecule has 126 valence electrons. The summed E-state index contributed by atoms with van der Waals surface area (Å²) in [6, 6.07) is 0. The lowest BCUT2D eigenvalue weighted by Gasteiger charge is -2.35. The van der Waals surface area contributed by atoms with E-state index in [0.29, 0.717) is 36.3 Å². The van der Waals surface area contributed by atoms with Crippen molar-refractivity contribution in [3.05, 3.63) is 35.5 Å². The Morgan fingerprint density at radius 3 is 2.62 bits per heavy atom. The average Bonchev–Trinajstić information content (AvgIpc) is 3.35. The van der Waals surface area contributed by atoms with Crippen LogP contribution in [0.25, 0.3) is 0 Å². The van der Waals surface area contributed by atoms with E-state index in [1.807, 2.05) is 6.92 Å².